The predicted molar refractivity (Wildman–Crippen MR) is 106 cm³/mol. The van der Waals surface area contributed by atoms with Crippen molar-refractivity contribution in [1.82, 2.24) is 5.32 Å². The molecular formula is C21H23ClN2O3. The van der Waals surface area contributed by atoms with E-state index in [1.165, 1.54) is 0 Å². The summed E-state index contributed by atoms with van der Waals surface area (Å²) in [6.07, 6.45) is 1.97. The van der Waals surface area contributed by atoms with Gasteiger partial charge in [-0.2, -0.15) is 0 Å². The summed E-state index contributed by atoms with van der Waals surface area (Å²) in [5.41, 5.74) is 2.08. The van der Waals surface area contributed by atoms with Gasteiger partial charge < -0.3 is 15.4 Å². The average molecular weight is 387 g/mol. The van der Waals surface area contributed by atoms with Crippen molar-refractivity contribution in [2.75, 3.05) is 11.9 Å². The number of rotatable bonds is 6. The third kappa shape index (κ3) is 5.08. The Morgan fingerprint density at radius 2 is 2.00 bits per heavy atom. The molecule has 0 aromatic heterocycles. The van der Waals surface area contributed by atoms with Gasteiger partial charge in [0.25, 0.3) is 11.8 Å². The molecule has 6 heteroatoms. The second-order valence-corrected chi connectivity index (χ2v) is 6.99. The second-order valence-electron chi connectivity index (χ2n) is 6.56. The molecule has 1 saturated heterocycles. The molecule has 2 amide bonds. The largest absolute Gasteiger partial charge is 0.368 e. The fraction of sp³-hybridized carbons (Fsp3) is 0.333. The molecule has 1 fully saturated rings. The van der Waals surface area contributed by atoms with Crippen LogP contribution in [-0.4, -0.2) is 24.5 Å². The third-order valence-corrected chi connectivity index (χ3v) is 4.85. The van der Waals surface area contributed by atoms with Crippen molar-refractivity contribution in [3.63, 3.8) is 0 Å². The summed E-state index contributed by atoms with van der Waals surface area (Å²) < 4.78 is 5.39. The summed E-state index contributed by atoms with van der Waals surface area (Å²) in [5, 5.41) is 6.52. The fourth-order valence-corrected chi connectivity index (χ4v) is 3.23. The van der Waals surface area contributed by atoms with Gasteiger partial charge in [0.05, 0.1) is 6.04 Å². The van der Waals surface area contributed by atoms with Crippen LogP contribution in [0.4, 0.5) is 5.69 Å². The molecule has 3 rings (SSSR count). The van der Waals surface area contributed by atoms with Gasteiger partial charge in [0.1, 0.15) is 6.10 Å². The van der Waals surface area contributed by atoms with E-state index in [9.17, 15) is 9.59 Å². The van der Waals surface area contributed by atoms with Gasteiger partial charge in [-0.15, -0.1) is 0 Å². The summed E-state index contributed by atoms with van der Waals surface area (Å²) in [4.78, 5) is 24.9. The summed E-state index contributed by atoms with van der Waals surface area (Å²) in [6, 6.07) is 14.3. The monoisotopic (exact) mass is 386 g/mol. The van der Waals surface area contributed by atoms with Crippen LogP contribution in [-0.2, 0) is 9.53 Å². The number of amides is 2. The van der Waals surface area contributed by atoms with Gasteiger partial charge in [-0.3, -0.25) is 9.59 Å². The number of halogens is 1. The Balaban J connectivity index is 1.67. The molecule has 1 aliphatic rings. The number of hydrogen-bond acceptors (Lipinski definition) is 3. The fourth-order valence-electron chi connectivity index (χ4n) is 3.10. The van der Waals surface area contributed by atoms with Crippen LogP contribution >= 0.6 is 11.6 Å². The van der Waals surface area contributed by atoms with Crippen molar-refractivity contribution in [2.24, 2.45) is 0 Å². The zero-order valence-corrected chi connectivity index (χ0v) is 16.0. The molecule has 2 unspecified atom stereocenters. The minimum Gasteiger partial charge on any atom is -0.368 e. The normalized spacial score (nSPS) is 17.3. The molecule has 0 spiro atoms. The summed E-state index contributed by atoms with van der Waals surface area (Å²) in [7, 11) is 0. The first kappa shape index (κ1) is 19.4. The first-order chi connectivity index (χ1) is 13.1. The standard InChI is InChI=1S/C21H23ClN2O3/c1-2-18(14-8-10-16(22)11-9-14)24-20(25)15-5-3-6-17(13-15)23-21(26)19-7-4-12-27-19/h3,5-6,8-11,13,18-19H,2,4,7,12H2,1H3,(H,23,26)(H,24,25). The topological polar surface area (TPSA) is 67.4 Å². The van der Waals surface area contributed by atoms with E-state index in [4.69, 9.17) is 16.3 Å². The average Bonchev–Trinajstić information content (AvgIpc) is 3.22. The lowest BCUT2D eigenvalue weighted by Gasteiger charge is -2.18. The molecule has 2 aromatic rings. The molecule has 2 N–H and O–H groups in total. The van der Waals surface area contributed by atoms with E-state index in [0.29, 0.717) is 22.9 Å². The molecular weight excluding hydrogens is 364 g/mol. The lowest BCUT2D eigenvalue weighted by molar-refractivity contribution is -0.124. The van der Waals surface area contributed by atoms with Gasteiger partial charge in [0.2, 0.25) is 0 Å². The number of hydrogen-bond donors (Lipinski definition) is 2. The molecule has 5 nitrogen and oxygen atoms in total. The quantitative estimate of drug-likeness (QED) is 0.776. The van der Waals surface area contributed by atoms with Gasteiger partial charge in [0.15, 0.2) is 0 Å². The van der Waals surface area contributed by atoms with Gasteiger partial charge >= 0.3 is 0 Å². The Kier molecular flexibility index (Phi) is 6.48. The highest BCUT2D eigenvalue weighted by Crippen LogP contribution is 2.21. The number of carbonyl (C=O) groups is 2. The molecule has 1 aliphatic heterocycles. The number of benzene rings is 2. The van der Waals surface area contributed by atoms with E-state index < -0.39 is 6.10 Å². The van der Waals surface area contributed by atoms with Crippen LogP contribution in [0.2, 0.25) is 5.02 Å². The summed E-state index contributed by atoms with van der Waals surface area (Å²) in [5.74, 6) is -0.359. The number of ether oxygens (including phenoxy) is 1. The maximum atomic E-state index is 12.7. The molecule has 0 saturated carbocycles. The van der Waals surface area contributed by atoms with Crippen molar-refractivity contribution >= 4 is 29.1 Å². The molecule has 0 bridgehead atoms. The Hall–Kier alpha value is -2.37. The van der Waals surface area contributed by atoms with Crippen molar-refractivity contribution in [3.05, 3.63) is 64.7 Å². The van der Waals surface area contributed by atoms with Gasteiger partial charge in [0, 0.05) is 22.9 Å². The molecule has 1 heterocycles. The first-order valence-corrected chi connectivity index (χ1v) is 9.53. The Morgan fingerprint density at radius 3 is 2.67 bits per heavy atom. The number of carbonyl (C=O) groups excluding carboxylic acids is 2. The van der Waals surface area contributed by atoms with Crippen molar-refractivity contribution in [3.8, 4) is 0 Å². The van der Waals surface area contributed by atoms with Gasteiger partial charge in [-0.05, 0) is 55.2 Å². The zero-order chi connectivity index (χ0) is 19.2. The van der Waals surface area contributed by atoms with Crippen LogP contribution in [0.3, 0.4) is 0 Å². The van der Waals surface area contributed by atoms with Crippen LogP contribution in [0.5, 0.6) is 0 Å². The number of nitrogens with one attached hydrogen (secondary N) is 2. The smallest absolute Gasteiger partial charge is 0.253 e. The van der Waals surface area contributed by atoms with E-state index >= 15 is 0 Å². The maximum Gasteiger partial charge on any atom is 0.253 e. The van der Waals surface area contributed by atoms with Gasteiger partial charge in [-0.25, -0.2) is 0 Å². The third-order valence-electron chi connectivity index (χ3n) is 4.60. The van der Waals surface area contributed by atoms with Crippen LogP contribution < -0.4 is 10.6 Å². The minimum absolute atomic E-state index is 0.111. The van der Waals surface area contributed by atoms with Crippen LogP contribution in [0, 0.1) is 0 Å². The SMILES string of the molecule is CCC(NC(=O)c1cccc(NC(=O)C2CCCO2)c1)c1ccc(Cl)cc1. The highest BCUT2D eigenvalue weighted by Gasteiger charge is 2.23. The van der Waals surface area contributed by atoms with E-state index in [-0.39, 0.29) is 17.9 Å². The van der Waals surface area contributed by atoms with Crippen LogP contribution in [0.25, 0.3) is 0 Å². The van der Waals surface area contributed by atoms with E-state index in [1.807, 2.05) is 31.2 Å². The van der Waals surface area contributed by atoms with Crippen LogP contribution in [0.1, 0.15) is 48.1 Å². The molecule has 0 aliphatic carbocycles. The van der Waals surface area contributed by atoms with Crippen LogP contribution in [0.15, 0.2) is 48.5 Å². The molecule has 142 valence electrons. The summed E-state index contributed by atoms with van der Waals surface area (Å²) >= 11 is 5.94. The first-order valence-electron chi connectivity index (χ1n) is 9.15. The lowest BCUT2D eigenvalue weighted by Crippen LogP contribution is -2.29. The Morgan fingerprint density at radius 1 is 1.22 bits per heavy atom. The van der Waals surface area contributed by atoms with Gasteiger partial charge in [-0.1, -0.05) is 36.7 Å². The van der Waals surface area contributed by atoms with E-state index in [2.05, 4.69) is 10.6 Å². The Labute approximate surface area is 164 Å². The lowest BCUT2D eigenvalue weighted by atomic mass is 10.0. The van der Waals surface area contributed by atoms with E-state index in [0.717, 1.165) is 24.8 Å². The summed E-state index contributed by atoms with van der Waals surface area (Å²) in [6.45, 7) is 2.63. The zero-order valence-electron chi connectivity index (χ0n) is 15.2. The second kappa shape index (κ2) is 9.02. The molecule has 27 heavy (non-hydrogen) atoms. The predicted octanol–water partition coefficient (Wildman–Crippen LogP) is 4.34. The van der Waals surface area contributed by atoms with Crippen molar-refractivity contribution in [1.29, 1.82) is 0 Å². The maximum absolute atomic E-state index is 12.7. The van der Waals surface area contributed by atoms with E-state index in [1.54, 1.807) is 24.3 Å². The number of anilines is 1. The highest BCUT2D eigenvalue weighted by atomic mass is 35.5. The molecule has 2 aromatic carbocycles. The molecule has 0 radical (unpaired) electrons. The van der Waals surface area contributed by atoms with Crippen molar-refractivity contribution in [2.45, 2.75) is 38.3 Å². The van der Waals surface area contributed by atoms with Crippen molar-refractivity contribution < 1.29 is 14.3 Å². The molecule has 2 atom stereocenters. The highest BCUT2D eigenvalue weighted by molar-refractivity contribution is 6.30. The Bertz CT molecular complexity index is 801. The minimum atomic E-state index is -0.406.